The normalized spacial score (nSPS) is 19.8. The van der Waals surface area contributed by atoms with Crippen molar-refractivity contribution in [3.63, 3.8) is 0 Å². The Hall–Kier alpha value is -1.17. The highest BCUT2D eigenvalue weighted by Gasteiger charge is 2.35. The lowest BCUT2D eigenvalue weighted by Crippen LogP contribution is -2.40. The van der Waals surface area contributed by atoms with Crippen LogP contribution in [0.15, 0.2) is 18.2 Å². The fraction of sp³-hybridized carbons (Fsp3) is 0.583. The van der Waals surface area contributed by atoms with Crippen LogP contribution in [-0.2, 0) is 12.6 Å². The molecule has 0 aliphatic carbocycles. The Morgan fingerprint density at radius 3 is 2.50 bits per heavy atom. The summed E-state index contributed by atoms with van der Waals surface area (Å²) in [6, 6.07) is 3.62. The average molecular weight is 262 g/mol. The molecule has 0 atom stereocenters. The van der Waals surface area contributed by atoms with Crippen molar-refractivity contribution in [2.24, 2.45) is 0 Å². The minimum atomic E-state index is -4.48. The summed E-state index contributed by atoms with van der Waals surface area (Å²) in [6.45, 7) is 1.10. The van der Waals surface area contributed by atoms with Crippen LogP contribution in [-0.4, -0.2) is 23.7 Å². The molecule has 0 saturated carbocycles. The van der Waals surface area contributed by atoms with Gasteiger partial charge in [0.25, 0.3) is 0 Å². The second kappa shape index (κ2) is 4.84. The molecular formula is C12H14F4N2. The number of alkyl halides is 4. The summed E-state index contributed by atoms with van der Waals surface area (Å²) in [4.78, 5) is 3.50. The highest BCUT2D eigenvalue weighted by atomic mass is 19.4. The minimum absolute atomic E-state index is 0.0569. The van der Waals surface area contributed by atoms with Crippen LogP contribution < -0.4 is 5.32 Å². The first-order valence-corrected chi connectivity index (χ1v) is 5.82. The lowest BCUT2D eigenvalue weighted by Gasteiger charge is -2.29. The fourth-order valence-electron chi connectivity index (χ4n) is 2.11. The Morgan fingerprint density at radius 2 is 1.89 bits per heavy atom. The van der Waals surface area contributed by atoms with Crippen molar-refractivity contribution >= 4 is 0 Å². The Labute approximate surface area is 102 Å². The molecule has 0 radical (unpaired) electrons. The van der Waals surface area contributed by atoms with Crippen molar-refractivity contribution in [1.82, 2.24) is 10.3 Å². The standard InChI is InChI=1S/C12H14F4N2/c13-11(4-6-17-7-5-11)8-9-2-1-3-10(18-9)12(14,15)16/h1-3,17H,4-8H2. The number of nitrogens with one attached hydrogen (secondary N) is 1. The van der Waals surface area contributed by atoms with E-state index < -0.39 is 17.5 Å². The molecular weight excluding hydrogens is 248 g/mol. The molecule has 0 aromatic carbocycles. The Balaban J connectivity index is 2.14. The molecule has 0 spiro atoms. The van der Waals surface area contributed by atoms with Gasteiger partial charge in [-0.2, -0.15) is 13.2 Å². The van der Waals surface area contributed by atoms with Crippen LogP contribution in [0.3, 0.4) is 0 Å². The number of aromatic nitrogens is 1. The van der Waals surface area contributed by atoms with E-state index in [2.05, 4.69) is 10.3 Å². The van der Waals surface area contributed by atoms with Crippen molar-refractivity contribution in [2.75, 3.05) is 13.1 Å². The van der Waals surface area contributed by atoms with Crippen molar-refractivity contribution in [3.8, 4) is 0 Å². The summed E-state index contributed by atoms with van der Waals surface area (Å²) in [6.07, 6.45) is -3.91. The molecule has 18 heavy (non-hydrogen) atoms. The number of pyridine rings is 1. The summed E-state index contributed by atoms with van der Waals surface area (Å²) in [5.74, 6) is 0. The SMILES string of the molecule is FC1(Cc2cccc(C(F)(F)F)n2)CCNCC1. The highest BCUT2D eigenvalue weighted by Crippen LogP contribution is 2.30. The van der Waals surface area contributed by atoms with E-state index in [1.807, 2.05) is 0 Å². The second-order valence-corrected chi connectivity index (χ2v) is 4.59. The van der Waals surface area contributed by atoms with Crippen LogP contribution in [0.4, 0.5) is 17.6 Å². The van der Waals surface area contributed by atoms with Crippen molar-refractivity contribution < 1.29 is 17.6 Å². The van der Waals surface area contributed by atoms with Crippen LogP contribution in [0.1, 0.15) is 24.2 Å². The number of hydrogen-bond acceptors (Lipinski definition) is 2. The van der Waals surface area contributed by atoms with Gasteiger partial charge < -0.3 is 5.32 Å². The molecule has 0 unspecified atom stereocenters. The van der Waals surface area contributed by atoms with Gasteiger partial charge in [-0.05, 0) is 38.1 Å². The highest BCUT2D eigenvalue weighted by molar-refractivity contribution is 5.15. The molecule has 1 aliphatic heterocycles. The predicted octanol–water partition coefficient (Wildman–Crippen LogP) is 2.73. The molecule has 1 saturated heterocycles. The summed E-state index contributed by atoms with van der Waals surface area (Å²) < 4.78 is 51.8. The molecule has 2 nitrogen and oxygen atoms in total. The van der Waals surface area contributed by atoms with E-state index in [4.69, 9.17) is 0 Å². The monoisotopic (exact) mass is 262 g/mol. The molecule has 6 heteroatoms. The van der Waals surface area contributed by atoms with Gasteiger partial charge in [-0.15, -0.1) is 0 Å². The van der Waals surface area contributed by atoms with E-state index in [1.165, 1.54) is 12.1 Å². The third-order valence-corrected chi connectivity index (χ3v) is 3.09. The number of piperidine rings is 1. The van der Waals surface area contributed by atoms with Gasteiger partial charge in [0.05, 0.1) is 0 Å². The average Bonchev–Trinajstić information content (AvgIpc) is 2.28. The number of nitrogens with zero attached hydrogens (tertiary/aromatic N) is 1. The zero-order valence-electron chi connectivity index (χ0n) is 9.73. The van der Waals surface area contributed by atoms with Crippen molar-refractivity contribution in [2.45, 2.75) is 31.1 Å². The maximum atomic E-state index is 14.3. The Kier molecular flexibility index (Phi) is 3.56. The fourth-order valence-corrected chi connectivity index (χ4v) is 2.11. The van der Waals surface area contributed by atoms with Gasteiger partial charge in [0.2, 0.25) is 0 Å². The zero-order chi connectivity index (χ0) is 13.2. The first kappa shape index (κ1) is 13.3. The maximum absolute atomic E-state index is 14.3. The summed E-state index contributed by atoms with van der Waals surface area (Å²) in [5.41, 5.74) is -2.24. The maximum Gasteiger partial charge on any atom is 0.433 e. The van der Waals surface area contributed by atoms with E-state index in [9.17, 15) is 17.6 Å². The smallest absolute Gasteiger partial charge is 0.316 e. The van der Waals surface area contributed by atoms with E-state index >= 15 is 0 Å². The number of rotatable bonds is 2. The van der Waals surface area contributed by atoms with Crippen molar-refractivity contribution in [3.05, 3.63) is 29.6 Å². The van der Waals surface area contributed by atoms with Crippen LogP contribution in [0.2, 0.25) is 0 Å². The minimum Gasteiger partial charge on any atom is -0.316 e. The molecule has 1 N–H and O–H groups in total. The molecule has 2 rings (SSSR count). The number of halogens is 4. The van der Waals surface area contributed by atoms with Crippen LogP contribution in [0.5, 0.6) is 0 Å². The van der Waals surface area contributed by atoms with Gasteiger partial charge in [-0.25, -0.2) is 9.37 Å². The lowest BCUT2D eigenvalue weighted by molar-refractivity contribution is -0.141. The summed E-state index contributed by atoms with van der Waals surface area (Å²) in [5, 5.41) is 3.02. The third-order valence-electron chi connectivity index (χ3n) is 3.09. The summed E-state index contributed by atoms with van der Waals surface area (Å²) >= 11 is 0. The third kappa shape index (κ3) is 3.19. The molecule has 1 aromatic rings. The quantitative estimate of drug-likeness (QED) is 0.829. The molecule has 100 valence electrons. The van der Waals surface area contributed by atoms with Gasteiger partial charge in [-0.3, -0.25) is 0 Å². The Bertz CT molecular complexity index is 411. The van der Waals surface area contributed by atoms with E-state index in [-0.39, 0.29) is 12.1 Å². The summed E-state index contributed by atoms with van der Waals surface area (Å²) in [7, 11) is 0. The van der Waals surface area contributed by atoms with Gasteiger partial charge in [0, 0.05) is 12.1 Å². The predicted molar refractivity (Wildman–Crippen MR) is 58.9 cm³/mol. The topological polar surface area (TPSA) is 24.9 Å². The van der Waals surface area contributed by atoms with Gasteiger partial charge in [0.1, 0.15) is 11.4 Å². The molecule has 0 bridgehead atoms. The molecule has 1 aliphatic rings. The van der Waals surface area contributed by atoms with Gasteiger partial charge in [0.15, 0.2) is 0 Å². The van der Waals surface area contributed by atoms with Gasteiger partial charge in [-0.1, -0.05) is 6.07 Å². The molecule has 1 fully saturated rings. The van der Waals surface area contributed by atoms with Crippen LogP contribution in [0, 0.1) is 0 Å². The largest absolute Gasteiger partial charge is 0.433 e. The first-order chi connectivity index (χ1) is 8.39. The van der Waals surface area contributed by atoms with E-state index in [1.54, 1.807) is 0 Å². The van der Waals surface area contributed by atoms with Crippen LogP contribution in [0.25, 0.3) is 0 Å². The molecule has 0 amide bonds. The van der Waals surface area contributed by atoms with E-state index in [0.29, 0.717) is 25.9 Å². The first-order valence-electron chi connectivity index (χ1n) is 5.82. The van der Waals surface area contributed by atoms with E-state index in [0.717, 1.165) is 6.07 Å². The molecule has 2 heterocycles. The van der Waals surface area contributed by atoms with Crippen LogP contribution >= 0.6 is 0 Å². The number of hydrogen-bond donors (Lipinski definition) is 1. The zero-order valence-corrected chi connectivity index (χ0v) is 9.73. The second-order valence-electron chi connectivity index (χ2n) is 4.59. The lowest BCUT2D eigenvalue weighted by atomic mass is 9.89. The molecule has 1 aromatic heterocycles. The Morgan fingerprint density at radius 1 is 1.22 bits per heavy atom. The van der Waals surface area contributed by atoms with Crippen molar-refractivity contribution in [1.29, 1.82) is 0 Å². The van der Waals surface area contributed by atoms with Gasteiger partial charge >= 0.3 is 6.18 Å².